The normalized spacial score (nSPS) is 11.4. The molecule has 98 valence electrons. The van der Waals surface area contributed by atoms with Gasteiger partial charge in [0.1, 0.15) is 5.75 Å². The number of halogens is 1. The van der Waals surface area contributed by atoms with Crippen molar-refractivity contribution in [2.24, 2.45) is 0 Å². The molecule has 0 aliphatic rings. The van der Waals surface area contributed by atoms with Crippen molar-refractivity contribution in [2.75, 3.05) is 7.11 Å². The van der Waals surface area contributed by atoms with Crippen LogP contribution in [0.15, 0.2) is 24.3 Å². The second-order valence-electron chi connectivity index (χ2n) is 3.92. The van der Waals surface area contributed by atoms with Crippen LogP contribution >= 0.6 is 11.6 Å². The molecule has 1 N–H and O–H groups in total. The first-order chi connectivity index (χ1) is 8.58. The highest BCUT2D eigenvalue weighted by Gasteiger charge is 2.08. The topological polar surface area (TPSA) is 46.5 Å². The van der Waals surface area contributed by atoms with Crippen LogP contribution in [0.1, 0.15) is 31.7 Å². The van der Waals surface area contributed by atoms with Crippen molar-refractivity contribution in [1.82, 2.24) is 0 Å². The van der Waals surface area contributed by atoms with Gasteiger partial charge < -0.3 is 9.84 Å². The predicted molar refractivity (Wildman–Crippen MR) is 73.1 cm³/mol. The molecule has 1 rings (SSSR count). The number of carbonyl (C=O) groups is 1. The van der Waals surface area contributed by atoms with E-state index in [1.54, 1.807) is 19.3 Å². The van der Waals surface area contributed by atoms with Gasteiger partial charge in [0.15, 0.2) is 0 Å². The third kappa shape index (κ3) is 4.08. The minimum Gasteiger partial charge on any atom is -0.497 e. The first kappa shape index (κ1) is 14.6. The van der Waals surface area contributed by atoms with Crippen molar-refractivity contribution in [3.8, 4) is 5.75 Å². The fourth-order valence-electron chi connectivity index (χ4n) is 1.71. The zero-order valence-corrected chi connectivity index (χ0v) is 11.3. The molecule has 0 saturated heterocycles. The molecule has 0 radical (unpaired) electrons. The molecule has 1 aromatic carbocycles. The van der Waals surface area contributed by atoms with Gasteiger partial charge in [-0.05, 0) is 35.8 Å². The number of hydrogen-bond acceptors (Lipinski definition) is 2. The van der Waals surface area contributed by atoms with Crippen molar-refractivity contribution >= 4 is 23.1 Å². The number of carboxylic acids is 1. The molecule has 4 heteroatoms. The third-order valence-corrected chi connectivity index (χ3v) is 2.88. The summed E-state index contributed by atoms with van der Waals surface area (Å²) in [6.45, 7) is 2.05. The van der Waals surface area contributed by atoms with E-state index in [9.17, 15) is 4.79 Å². The maximum absolute atomic E-state index is 10.6. The fraction of sp³-hybridized carbons (Fsp3) is 0.357. The van der Waals surface area contributed by atoms with Crippen LogP contribution in [-0.4, -0.2) is 18.2 Å². The molecule has 0 bridgehead atoms. The highest BCUT2D eigenvalue weighted by molar-refractivity contribution is 6.32. The minimum absolute atomic E-state index is 0.0116. The van der Waals surface area contributed by atoms with Crippen LogP contribution in [-0.2, 0) is 4.79 Å². The number of aliphatic carboxylic acids is 1. The number of rotatable bonds is 6. The van der Waals surface area contributed by atoms with Crippen molar-refractivity contribution in [3.63, 3.8) is 0 Å². The van der Waals surface area contributed by atoms with E-state index in [1.807, 2.05) is 19.1 Å². The fourth-order valence-corrected chi connectivity index (χ4v) is 2.00. The second-order valence-corrected chi connectivity index (χ2v) is 4.33. The minimum atomic E-state index is -0.840. The molecule has 1 aromatic rings. The van der Waals surface area contributed by atoms with E-state index in [2.05, 4.69) is 0 Å². The molecule has 0 spiro atoms. The zero-order valence-electron chi connectivity index (χ0n) is 10.6. The van der Waals surface area contributed by atoms with Gasteiger partial charge in [0.05, 0.1) is 18.6 Å². The van der Waals surface area contributed by atoms with Gasteiger partial charge in [-0.3, -0.25) is 4.79 Å². The van der Waals surface area contributed by atoms with E-state index in [-0.39, 0.29) is 6.42 Å². The Morgan fingerprint density at radius 1 is 1.50 bits per heavy atom. The Hall–Kier alpha value is -1.48. The molecular weight excluding hydrogens is 252 g/mol. The number of hydrogen-bond donors (Lipinski definition) is 1. The molecule has 0 atom stereocenters. The molecule has 0 amide bonds. The van der Waals surface area contributed by atoms with E-state index in [4.69, 9.17) is 21.4 Å². The van der Waals surface area contributed by atoms with Crippen LogP contribution in [0.4, 0.5) is 0 Å². The molecule has 0 heterocycles. The molecule has 0 unspecified atom stereocenters. The largest absolute Gasteiger partial charge is 0.497 e. The lowest BCUT2D eigenvalue weighted by atomic mass is 10.00. The maximum Gasteiger partial charge on any atom is 0.307 e. The average molecular weight is 269 g/mol. The summed E-state index contributed by atoms with van der Waals surface area (Å²) in [6.07, 6.45) is 3.48. The van der Waals surface area contributed by atoms with E-state index < -0.39 is 5.97 Å². The summed E-state index contributed by atoms with van der Waals surface area (Å²) in [5, 5.41) is 9.31. The molecule has 0 saturated carbocycles. The van der Waals surface area contributed by atoms with E-state index in [0.717, 1.165) is 24.0 Å². The first-order valence-electron chi connectivity index (χ1n) is 5.83. The Morgan fingerprint density at radius 2 is 2.22 bits per heavy atom. The molecular formula is C14H17ClO3. The number of carboxylic acid groups (broad SMARTS) is 1. The number of methoxy groups -OCH3 is 1. The lowest BCUT2D eigenvalue weighted by molar-refractivity contribution is -0.135. The van der Waals surface area contributed by atoms with Crippen LogP contribution in [0.3, 0.4) is 0 Å². The summed E-state index contributed by atoms with van der Waals surface area (Å²) < 4.78 is 5.09. The van der Waals surface area contributed by atoms with E-state index in [1.165, 1.54) is 0 Å². The summed E-state index contributed by atoms with van der Waals surface area (Å²) in [4.78, 5) is 10.6. The average Bonchev–Trinajstić information content (AvgIpc) is 2.34. The van der Waals surface area contributed by atoms with Gasteiger partial charge in [-0.1, -0.05) is 31.0 Å². The maximum atomic E-state index is 10.6. The molecule has 0 fully saturated rings. The molecule has 0 aliphatic carbocycles. The quantitative estimate of drug-likeness (QED) is 0.848. The van der Waals surface area contributed by atoms with Crippen molar-refractivity contribution < 1.29 is 14.6 Å². The Morgan fingerprint density at radius 3 is 2.72 bits per heavy atom. The Kier molecular flexibility index (Phi) is 5.72. The number of benzene rings is 1. The lowest BCUT2D eigenvalue weighted by Gasteiger charge is -2.10. The number of ether oxygens (including phenoxy) is 1. The van der Waals surface area contributed by atoms with Gasteiger partial charge >= 0.3 is 5.97 Å². The standard InChI is InChI=1S/C14H17ClO3/c1-3-4-10(5-8-14(16)17)12-7-6-11(18-2)9-13(12)15/h5-7,9H,3-4,8H2,1-2H3,(H,16,17)/b10-5+. The Labute approximate surface area is 112 Å². The van der Waals surface area contributed by atoms with Crippen LogP contribution in [0.2, 0.25) is 5.02 Å². The summed E-state index contributed by atoms with van der Waals surface area (Å²) in [7, 11) is 1.58. The predicted octanol–water partition coefficient (Wildman–Crippen LogP) is 4.01. The molecule has 3 nitrogen and oxygen atoms in total. The summed E-state index contributed by atoms with van der Waals surface area (Å²) >= 11 is 6.19. The van der Waals surface area contributed by atoms with Gasteiger partial charge in [0, 0.05) is 0 Å². The van der Waals surface area contributed by atoms with Crippen LogP contribution in [0.25, 0.3) is 5.57 Å². The monoisotopic (exact) mass is 268 g/mol. The van der Waals surface area contributed by atoms with Crippen molar-refractivity contribution in [3.05, 3.63) is 34.9 Å². The van der Waals surface area contributed by atoms with Crippen molar-refractivity contribution in [2.45, 2.75) is 26.2 Å². The summed E-state index contributed by atoms with van der Waals surface area (Å²) in [6, 6.07) is 5.43. The molecule has 0 aromatic heterocycles. The van der Waals surface area contributed by atoms with Gasteiger partial charge in [-0.15, -0.1) is 0 Å². The summed E-state index contributed by atoms with van der Waals surface area (Å²) in [5.74, 6) is -0.147. The zero-order chi connectivity index (χ0) is 13.5. The Bertz CT molecular complexity index is 452. The number of allylic oxidation sites excluding steroid dienone is 1. The van der Waals surface area contributed by atoms with Gasteiger partial charge in [-0.2, -0.15) is 0 Å². The van der Waals surface area contributed by atoms with Crippen molar-refractivity contribution in [1.29, 1.82) is 0 Å². The Balaban J connectivity index is 3.05. The van der Waals surface area contributed by atoms with Gasteiger partial charge in [0.2, 0.25) is 0 Å². The third-order valence-electron chi connectivity index (χ3n) is 2.56. The smallest absolute Gasteiger partial charge is 0.307 e. The summed E-state index contributed by atoms with van der Waals surface area (Å²) in [5.41, 5.74) is 1.84. The second kappa shape index (κ2) is 7.07. The SMILES string of the molecule is CCC/C(=C\CC(=O)O)c1ccc(OC)cc1Cl. The first-order valence-corrected chi connectivity index (χ1v) is 6.21. The van der Waals surface area contributed by atoms with E-state index >= 15 is 0 Å². The van der Waals surface area contributed by atoms with Crippen LogP contribution in [0.5, 0.6) is 5.75 Å². The van der Waals surface area contributed by atoms with E-state index in [0.29, 0.717) is 10.8 Å². The lowest BCUT2D eigenvalue weighted by Crippen LogP contribution is -1.94. The highest BCUT2D eigenvalue weighted by Crippen LogP contribution is 2.30. The van der Waals surface area contributed by atoms with Crippen LogP contribution in [0, 0.1) is 0 Å². The molecule has 0 aliphatic heterocycles. The van der Waals surface area contributed by atoms with Gasteiger partial charge in [-0.25, -0.2) is 0 Å². The van der Waals surface area contributed by atoms with Gasteiger partial charge in [0.25, 0.3) is 0 Å². The highest BCUT2D eigenvalue weighted by atomic mass is 35.5. The van der Waals surface area contributed by atoms with Crippen LogP contribution < -0.4 is 4.74 Å². The molecule has 18 heavy (non-hydrogen) atoms.